The Morgan fingerprint density at radius 1 is 1.28 bits per heavy atom. The van der Waals surface area contributed by atoms with Crippen LogP contribution in [0.5, 0.6) is 0 Å². The van der Waals surface area contributed by atoms with E-state index < -0.39 is 29.3 Å². The molecule has 0 bridgehead atoms. The molecular formula is C20H18F4N6O2. The van der Waals surface area contributed by atoms with E-state index in [1.54, 1.807) is 6.07 Å². The molecule has 2 aromatic heterocycles. The number of alkyl halides is 3. The number of nitrogens with one attached hydrogen (secondary N) is 2. The van der Waals surface area contributed by atoms with Crippen molar-refractivity contribution in [2.75, 3.05) is 25.2 Å². The summed E-state index contributed by atoms with van der Waals surface area (Å²) in [5.41, 5.74) is 1.52. The topological polar surface area (TPSA) is 83.3 Å². The zero-order chi connectivity index (χ0) is 22.9. The van der Waals surface area contributed by atoms with Crippen LogP contribution in [0.15, 0.2) is 47.6 Å². The molecule has 1 amide bonds. The van der Waals surface area contributed by atoms with Gasteiger partial charge in [-0.3, -0.25) is 19.6 Å². The molecule has 0 aliphatic carbocycles. The number of rotatable bonds is 4. The van der Waals surface area contributed by atoms with Crippen LogP contribution in [0, 0.1) is 5.82 Å². The Hall–Kier alpha value is -3.83. The number of aliphatic imine (C=N–C) groups is 1. The van der Waals surface area contributed by atoms with Crippen molar-refractivity contribution >= 4 is 23.3 Å². The van der Waals surface area contributed by atoms with Crippen LogP contribution in [0.3, 0.4) is 0 Å². The first-order valence-corrected chi connectivity index (χ1v) is 9.51. The van der Waals surface area contributed by atoms with Crippen LogP contribution < -0.4 is 15.8 Å². The van der Waals surface area contributed by atoms with Crippen molar-refractivity contribution in [2.45, 2.75) is 12.7 Å². The normalized spacial score (nSPS) is 14.2. The summed E-state index contributed by atoms with van der Waals surface area (Å²) in [7, 11) is 1.44. The van der Waals surface area contributed by atoms with Crippen LogP contribution in [-0.2, 0) is 17.5 Å². The van der Waals surface area contributed by atoms with E-state index in [9.17, 15) is 22.4 Å². The van der Waals surface area contributed by atoms with E-state index in [-0.39, 0.29) is 23.9 Å². The number of hydrazine groups is 1. The highest BCUT2D eigenvalue weighted by molar-refractivity contribution is 5.95. The van der Waals surface area contributed by atoms with E-state index in [1.807, 2.05) is 0 Å². The number of ether oxygens (including phenoxy) is 1. The number of hydrogen-bond donors (Lipinski definition) is 2. The zero-order valence-corrected chi connectivity index (χ0v) is 16.8. The number of imidazole rings is 1. The minimum atomic E-state index is -4.81. The van der Waals surface area contributed by atoms with Gasteiger partial charge in [0.1, 0.15) is 17.2 Å². The smallest absolute Gasteiger partial charge is 0.435 e. The van der Waals surface area contributed by atoms with Gasteiger partial charge >= 0.3 is 12.2 Å². The molecule has 0 saturated carbocycles. The first-order chi connectivity index (χ1) is 15.3. The van der Waals surface area contributed by atoms with Crippen molar-refractivity contribution in [3.63, 3.8) is 0 Å². The predicted octanol–water partition coefficient (Wildman–Crippen LogP) is 2.75. The lowest BCUT2D eigenvalue weighted by Gasteiger charge is -2.29. The third-order valence-electron chi connectivity index (χ3n) is 4.77. The Labute approximate surface area is 179 Å². The average Bonchev–Trinajstić information content (AvgIpc) is 3.18. The van der Waals surface area contributed by atoms with Gasteiger partial charge in [0.25, 0.3) is 5.91 Å². The third kappa shape index (κ3) is 4.15. The van der Waals surface area contributed by atoms with Crippen molar-refractivity contribution in [3.05, 3.63) is 65.4 Å². The maximum absolute atomic E-state index is 14.7. The molecular weight excluding hydrogens is 432 g/mol. The Balaban J connectivity index is 1.52. The van der Waals surface area contributed by atoms with Crippen molar-refractivity contribution in [2.24, 2.45) is 4.99 Å². The van der Waals surface area contributed by atoms with E-state index >= 15 is 0 Å². The molecule has 1 aliphatic heterocycles. The van der Waals surface area contributed by atoms with Gasteiger partial charge in [-0.05, 0) is 29.8 Å². The molecule has 0 saturated heterocycles. The highest BCUT2D eigenvalue weighted by Gasteiger charge is 2.40. The summed E-state index contributed by atoms with van der Waals surface area (Å²) >= 11 is 0. The minimum absolute atomic E-state index is 0.00614. The van der Waals surface area contributed by atoms with Gasteiger partial charge in [0.15, 0.2) is 5.69 Å². The molecule has 3 aromatic rings. The van der Waals surface area contributed by atoms with E-state index in [0.29, 0.717) is 18.7 Å². The lowest BCUT2D eigenvalue weighted by molar-refractivity contribution is -0.141. The van der Waals surface area contributed by atoms with Gasteiger partial charge in [-0.2, -0.15) is 13.2 Å². The van der Waals surface area contributed by atoms with Crippen LogP contribution in [0.1, 0.15) is 21.7 Å². The number of carbonyl (C=O) groups excluding carboxylic acids is 1. The van der Waals surface area contributed by atoms with Crippen molar-refractivity contribution in [1.29, 1.82) is 0 Å². The largest absolute Gasteiger partial charge is 0.467 e. The Morgan fingerprint density at radius 3 is 2.81 bits per heavy atom. The molecule has 0 unspecified atom stereocenters. The zero-order valence-electron chi connectivity index (χ0n) is 16.8. The highest BCUT2D eigenvalue weighted by atomic mass is 19.4. The Bertz CT molecular complexity index is 1190. The van der Waals surface area contributed by atoms with E-state index in [1.165, 1.54) is 48.6 Å². The first kappa shape index (κ1) is 21.4. The summed E-state index contributed by atoms with van der Waals surface area (Å²) in [4.78, 5) is 20.2. The standard InChI is InChI=1S/C20H18F4N6O2/c1-32-19-25-7-9-30(28-19)14-6-5-12(10-13(14)21)11-26-18(31)16-17(20(22,23)24)27-15-4-2-3-8-29(15)16/h2-6,8,10H,7,9,11H2,1H3,(H,25,28)(H,26,31). The molecule has 8 nitrogen and oxygen atoms in total. The molecule has 1 aliphatic rings. The van der Waals surface area contributed by atoms with Gasteiger partial charge in [-0.1, -0.05) is 12.1 Å². The van der Waals surface area contributed by atoms with Crippen LogP contribution in [0.2, 0.25) is 0 Å². The minimum Gasteiger partial charge on any atom is -0.467 e. The van der Waals surface area contributed by atoms with Gasteiger partial charge in [0.05, 0.1) is 25.9 Å². The molecule has 4 rings (SSSR count). The molecule has 0 fully saturated rings. The van der Waals surface area contributed by atoms with Crippen molar-refractivity contribution < 1.29 is 27.1 Å². The number of aromatic nitrogens is 2. The maximum atomic E-state index is 14.7. The molecule has 0 spiro atoms. The number of pyridine rings is 1. The van der Waals surface area contributed by atoms with Gasteiger partial charge in [0.2, 0.25) is 0 Å². The second-order valence-corrected chi connectivity index (χ2v) is 6.86. The maximum Gasteiger partial charge on any atom is 0.435 e. The highest BCUT2D eigenvalue weighted by Crippen LogP contribution is 2.32. The van der Waals surface area contributed by atoms with Gasteiger partial charge in [-0.15, -0.1) is 0 Å². The molecule has 3 heterocycles. The van der Waals surface area contributed by atoms with Crippen LogP contribution in [0.4, 0.5) is 23.2 Å². The van der Waals surface area contributed by atoms with Gasteiger partial charge in [-0.25, -0.2) is 14.4 Å². The number of hydrogen-bond acceptors (Lipinski definition) is 6. The molecule has 168 valence electrons. The van der Waals surface area contributed by atoms with Crippen molar-refractivity contribution in [1.82, 2.24) is 20.1 Å². The number of methoxy groups -OCH3 is 1. The molecule has 1 aromatic carbocycles. The first-order valence-electron chi connectivity index (χ1n) is 9.51. The second kappa shape index (κ2) is 8.36. The quantitative estimate of drug-likeness (QED) is 0.598. The fourth-order valence-electron chi connectivity index (χ4n) is 3.30. The van der Waals surface area contributed by atoms with Crippen LogP contribution in [-0.4, -0.2) is 41.5 Å². The summed E-state index contributed by atoms with van der Waals surface area (Å²) in [6.07, 6.45) is -3.48. The van der Waals surface area contributed by atoms with Crippen LogP contribution in [0.25, 0.3) is 5.65 Å². The number of nitrogens with zero attached hydrogens (tertiary/aromatic N) is 4. The summed E-state index contributed by atoms with van der Waals surface area (Å²) in [6, 6.07) is 8.90. The molecule has 2 N–H and O–H groups in total. The molecule has 12 heteroatoms. The van der Waals surface area contributed by atoms with Gasteiger partial charge in [0, 0.05) is 12.7 Å². The number of anilines is 1. The average molecular weight is 450 g/mol. The van der Waals surface area contributed by atoms with E-state index in [4.69, 9.17) is 4.74 Å². The van der Waals surface area contributed by atoms with Crippen molar-refractivity contribution in [3.8, 4) is 0 Å². The Morgan fingerprint density at radius 2 is 2.09 bits per heavy atom. The van der Waals surface area contributed by atoms with Crippen LogP contribution >= 0.6 is 0 Å². The third-order valence-corrected chi connectivity index (χ3v) is 4.77. The fourth-order valence-corrected chi connectivity index (χ4v) is 3.30. The number of benzene rings is 1. The second-order valence-electron chi connectivity index (χ2n) is 6.86. The lowest BCUT2D eigenvalue weighted by atomic mass is 10.2. The number of fused-ring (bicyclic) bond motifs is 1. The number of carbonyl (C=O) groups is 1. The molecule has 0 radical (unpaired) electrons. The SMILES string of the molecule is COC1=NCCN(c2ccc(CNC(=O)c3c(C(F)(F)F)nc4ccccn34)cc2F)N1. The summed E-state index contributed by atoms with van der Waals surface area (Å²) in [5.74, 6) is -1.55. The summed E-state index contributed by atoms with van der Waals surface area (Å²) in [5, 5.41) is 3.94. The predicted molar refractivity (Wildman–Crippen MR) is 108 cm³/mol. The fraction of sp³-hybridized carbons (Fsp3) is 0.250. The Kier molecular flexibility index (Phi) is 5.59. The number of amides is 1. The van der Waals surface area contributed by atoms with E-state index in [0.717, 1.165) is 4.40 Å². The van der Waals surface area contributed by atoms with E-state index in [2.05, 4.69) is 20.7 Å². The number of amidine groups is 1. The molecule has 0 atom stereocenters. The lowest BCUT2D eigenvalue weighted by Crippen LogP contribution is -2.48. The molecule has 32 heavy (non-hydrogen) atoms. The summed E-state index contributed by atoms with van der Waals surface area (Å²) in [6.45, 7) is 0.647. The summed E-state index contributed by atoms with van der Waals surface area (Å²) < 4.78 is 60.9. The number of halogens is 4. The van der Waals surface area contributed by atoms with Gasteiger partial charge < -0.3 is 10.1 Å². The monoisotopic (exact) mass is 450 g/mol.